The predicted molar refractivity (Wildman–Crippen MR) is 82.9 cm³/mol. The minimum absolute atomic E-state index is 0.0790. The van der Waals surface area contributed by atoms with Gasteiger partial charge in [0.1, 0.15) is 0 Å². The van der Waals surface area contributed by atoms with Crippen LogP contribution in [0.5, 0.6) is 0 Å². The Labute approximate surface area is 118 Å². The number of benzene rings is 1. The molecule has 0 spiro atoms. The lowest BCUT2D eigenvalue weighted by atomic mass is 9.78. The summed E-state index contributed by atoms with van der Waals surface area (Å²) in [6, 6.07) is 6.82. The Morgan fingerprint density at radius 1 is 1.11 bits per heavy atom. The highest BCUT2D eigenvalue weighted by Gasteiger charge is 2.23. The third kappa shape index (κ3) is 4.32. The first-order valence-electron chi connectivity index (χ1n) is 7.11. The second kappa shape index (κ2) is 6.06. The van der Waals surface area contributed by atoms with Gasteiger partial charge in [-0.25, -0.2) is 0 Å². The quantitative estimate of drug-likeness (QED) is 0.800. The summed E-state index contributed by atoms with van der Waals surface area (Å²) in [4.78, 5) is 0. The molecule has 2 heteroatoms. The number of aryl methyl sites for hydroxylation is 1. The third-order valence-electron chi connectivity index (χ3n) is 3.68. The van der Waals surface area contributed by atoms with Gasteiger partial charge in [-0.3, -0.25) is 0 Å². The molecule has 0 fully saturated rings. The van der Waals surface area contributed by atoms with Crippen LogP contribution in [0.15, 0.2) is 18.2 Å². The van der Waals surface area contributed by atoms with Crippen LogP contribution in [0.3, 0.4) is 0 Å². The Balaban J connectivity index is 2.95. The lowest BCUT2D eigenvalue weighted by Crippen LogP contribution is -2.35. The van der Waals surface area contributed by atoms with E-state index in [9.17, 15) is 0 Å². The van der Waals surface area contributed by atoms with Crippen molar-refractivity contribution in [2.45, 2.75) is 52.4 Å². The van der Waals surface area contributed by atoms with Crippen LogP contribution >= 0.6 is 0 Å². The van der Waals surface area contributed by atoms with Crippen LogP contribution in [0.1, 0.15) is 51.3 Å². The minimum atomic E-state index is 0.0790. The predicted octanol–water partition coefficient (Wildman–Crippen LogP) is 3.15. The molecule has 1 aromatic rings. The average molecular weight is 263 g/mol. The van der Waals surface area contributed by atoms with E-state index < -0.39 is 0 Å². The number of hydrogen-bond donors (Lipinski definition) is 2. The van der Waals surface area contributed by atoms with Crippen molar-refractivity contribution in [2.24, 2.45) is 0 Å². The van der Waals surface area contributed by atoms with Gasteiger partial charge in [0, 0.05) is 18.5 Å². The van der Waals surface area contributed by atoms with E-state index >= 15 is 0 Å². The van der Waals surface area contributed by atoms with E-state index in [1.807, 2.05) is 0 Å². The van der Waals surface area contributed by atoms with E-state index in [1.54, 1.807) is 0 Å². The first-order valence-corrected chi connectivity index (χ1v) is 7.11. The third-order valence-corrected chi connectivity index (χ3v) is 3.68. The molecule has 0 bridgehead atoms. The lowest BCUT2D eigenvalue weighted by molar-refractivity contribution is 0.286. The van der Waals surface area contributed by atoms with E-state index in [0.717, 1.165) is 6.54 Å². The highest BCUT2D eigenvalue weighted by Crippen LogP contribution is 2.30. The van der Waals surface area contributed by atoms with Crippen molar-refractivity contribution in [1.29, 1.82) is 0 Å². The van der Waals surface area contributed by atoms with Gasteiger partial charge in [0.2, 0.25) is 0 Å². The summed E-state index contributed by atoms with van der Waals surface area (Å²) >= 11 is 0. The standard InChI is InChI=1S/C17H29NO/c1-13-11-14(16(2,3)4)7-8-15(13)17(5,6)12-18-9-10-19/h7-8,11,18-19H,9-10,12H2,1-6H3. The summed E-state index contributed by atoms with van der Waals surface area (Å²) in [5.74, 6) is 0. The van der Waals surface area contributed by atoms with E-state index in [1.165, 1.54) is 16.7 Å². The van der Waals surface area contributed by atoms with Gasteiger partial charge in [0.05, 0.1) is 6.61 Å². The van der Waals surface area contributed by atoms with Crippen LogP contribution in [0.4, 0.5) is 0 Å². The normalized spacial score (nSPS) is 12.8. The molecule has 19 heavy (non-hydrogen) atoms. The smallest absolute Gasteiger partial charge is 0.0555 e. The highest BCUT2D eigenvalue weighted by atomic mass is 16.3. The monoisotopic (exact) mass is 263 g/mol. The van der Waals surface area contributed by atoms with Crippen molar-refractivity contribution < 1.29 is 5.11 Å². The van der Waals surface area contributed by atoms with Crippen molar-refractivity contribution in [3.05, 3.63) is 34.9 Å². The number of hydrogen-bond acceptors (Lipinski definition) is 2. The highest BCUT2D eigenvalue weighted by molar-refractivity contribution is 5.38. The van der Waals surface area contributed by atoms with Crippen LogP contribution in [-0.4, -0.2) is 24.8 Å². The molecule has 0 aliphatic carbocycles. The van der Waals surface area contributed by atoms with Gasteiger partial charge in [-0.1, -0.05) is 52.8 Å². The Hall–Kier alpha value is -0.860. The van der Waals surface area contributed by atoms with Crippen LogP contribution in [0.2, 0.25) is 0 Å². The second-order valence-electron chi connectivity index (χ2n) is 7.06. The van der Waals surface area contributed by atoms with Crippen molar-refractivity contribution in [3.63, 3.8) is 0 Å². The molecule has 0 saturated heterocycles. The Bertz CT molecular complexity index is 416. The van der Waals surface area contributed by atoms with Gasteiger partial charge in [-0.15, -0.1) is 0 Å². The number of aliphatic hydroxyl groups is 1. The van der Waals surface area contributed by atoms with E-state index in [4.69, 9.17) is 5.11 Å². The zero-order valence-corrected chi connectivity index (χ0v) is 13.3. The Kier molecular flexibility index (Phi) is 5.17. The minimum Gasteiger partial charge on any atom is -0.395 e. The number of nitrogens with one attached hydrogen (secondary N) is 1. The summed E-state index contributed by atoms with van der Waals surface area (Å²) in [5, 5.41) is 12.1. The number of rotatable bonds is 5. The average Bonchev–Trinajstić information content (AvgIpc) is 2.27. The van der Waals surface area contributed by atoms with Crippen molar-refractivity contribution in [3.8, 4) is 0 Å². The Morgan fingerprint density at radius 3 is 2.21 bits per heavy atom. The maximum absolute atomic E-state index is 8.85. The number of aliphatic hydroxyl groups excluding tert-OH is 1. The fourth-order valence-electron chi connectivity index (χ4n) is 2.46. The zero-order valence-electron chi connectivity index (χ0n) is 13.3. The van der Waals surface area contributed by atoms with E-state index in [2.05, 4.69) is 65.1 Å². The second-order valence-corrected chi connectivity index (χ2v) is 7.06. The first kappa shape index (κ1) is 16.2. The van der Waals surface area contributed by atoms with E-state index in [0.29, 0.717) is 6.54 Å². The topological polar surface area (TPSA) is 32.3 Å². The molecule has 0 amide bonds. The molecule has 2 nitrogen and oxygen atoms in total. The van der Waals surface area contributed by atoms with Gasteiger partial charge < -0.3 is 10.4 Å². The van der Waals surface area contributed by atoms with Gasteiger partial charge >= 0.3 is 0 Å². The fourth-order valence-corrected chi connectivity index (χ4v) is 2.46. The van der Waals surface area contributed by atoms with Crippen LogP contribution in [0.25, 0.3) is 0 Å². The van der Waals surface area contributed by atoms with Crippen molar-refractivity contribution in [2.75, 3.05) is 19.7 Å². The largest absolute Gasteiger partial charge is 0.395 e. The molecule has 0 aromatic heterocycles. The zero-order chi connectivity index (χ0) is 14.7. The maximum Gasteiger partial charge on any atom is 0.0555 e. The molecule has 1 rings (SSSR count). The van der Waals surface area contributed by atoms with Crippen LogP contribution < -0.4 is 5.32 Å². The van der Waals surface area contributed by atoms with Gasteiger partial charge in [-0.05, 0) is 29.0 Å². The van der Waals surface area contributed by atoms with Crippen LogP contribution in [-0.2, 0) is 10.8 Å². The Morgan fingerprint density at radius 2 is 1.74 bits per heavy atom. The lowest BCUT2D eigenvalue weighted by Gasteiger charge is -2.29. The summed E-state index contributed by atoms with van der Waals surface area (Å²) < 4.78 is 0. The van der Waals surface area contributed by atoms with Gasteiger partial charge in [-0.2, -0.15) is 0 Å². The summed E-state index contributed by atoms with van der Waals surface area (Å²) in [5.41, 5.74) is 4.39. The molecular formula is C17H29NO. The molecular weight excluding hydrogens is 234 g/mol. The SMILES string of the molecule is Cc1cc(C(C)(C)C)ccc1C(C)(C)CNCCO. The van der Waals surface area contributed by atoms with Crippen molar-refractivity contribution in [1.82, 2.24) is 5.32 Å². The molecule has 2 N–H and O–H groups in total. The summed E-state index contributed by atoms with van der Waals surface area (Å²) in [7, 11) is 0. The molecule has 0 heterocycles. The van der Waals surface area contributed by atoms with E-state index in [-0.39, 0.29) is 17.4 Å². The fraction of sp³-hybridized carbons (Fsp3) is 0.647. The molecule has 0 saturated carbocycles. The molecule has 0 radical (unpaired) electrons. The van der Waals surface area contributed by atoms with Gasteiger partial charge in [0.25, 0.3) is 0 Å². The summed E-state index contributed by atoms with van der Waals surface area (Å²) in [6.07, 6.45) is 0. The first-order chi connectivity index (χ1) is 8.68. The van der Waals surface area contributed by atoms with Crippen LogP contribution in [0, 0.1) is 6.92 Å². The molecule has 0 aliphatic rings. The molecule has 108 valence electrons. The molecule has 0 aliphatic heterocycles. The maximum atomic E-state index is 8.85. The molecule has 0 atom stereocenters. The summed E-state index contributed by atoms with van der Waals surface area (Å²) in [6.45, 7) is 15.1. The molecule has 1 aromatic carbocycles. The van der Waals surface area contributed by atoms with Crippen molar-refractivity contribution >= 4 is 0 Å². The van der Waals surface area contributed by atoms with Gasteiger partial charge in [0.15, 0.2) is 0 Å². The molecule has 0 unspecified atom stereocenters.